The topological polar surface area (TPSA) is 37.8 Å². The van der Waals surface area contributed by atoms with Crippen LogP contribution in [-0.4, -0.2) is 16.0 Å². The molecule has 1 unspecified atom stereocenters. The summed E-state index contributed by atoms with van der Waals surface area (Å²) in [6, 6.07) is 0.427. The average molecular weight is 256 g/mol. The largest absolute Gasteiger partial charge is 0.367 e. The second kappa shape index (κ2) is 7.49. The molecule has 1 heterocycles. The molecule has 17 heavy (non-hydrogen) atoms. The minimum atomic E-state index is 0.427. The third kappa shape index (κ3) is 4.50. The lowest BCUT2D eigenvalue weighted by molar-refractivity contribution is 0.641. The number of halogens is 1. The van der Waals surface area contributed by atoms with Crippen molar-refractivity contribution in [2.45, 2.75) is 58.9 Å². The molecule has 0 spiro atoms. The number of unbranched alkanes of at least 4 members (excludes halogenated alkanes) is 1. The first kappa shape index (κ1) is 14.2. The Labute approximate surface area is 109 Å². The molecule has 1 aromatic rings. The number of hydrogen-bond donors (Lipinski definition) is 1. The molecule has 1 atom stereocenters. The van der Waals surface area contributed by atoms with Crippen molar-refractivity contribution in [2.24, 2.45) is 0 Å². The molecule has 1 rings (SSSR count). The summed E-state index contributed by atoms with van der Waals surface area (Å²) in [6.07, 6.45) is 7.10. The highest BCUT2D eigenvalue weighted by atomic mass is 35.5. The molecule has 96 valence electrons. The van der Waals surface area contributed by atoms with E-state index in [4.69, 9.17) is 11.6 Å². The molecule has 1 aromatic heterocycles. The van der Waals surface area contributed by atoms with Crippen molar-refractivity contribution in [1.29, 1.82) is 0 Å². The predicted octanol–water partition coefficient (Wildman–Crippen LogP) is 4.07. The van der Waals surface area contributed by atoms with Gasteiger partial charge in [0.25, 0.3) is 0 Å². The minimum absolute atomic E-state index is 0.427. The van der Waals surface area contributed by atoms with Crippen LogP contribution in [0.2, 0.25) is 5.15 Å². The van der Waals surface area contributed by atoms with Crippen molar-refractivity contribution in [1.82, 2.24) is 9.97 Å². The van der Waals surface area contributed by atoms with E-state index < -0.39 is 0 Å². The van der Waals surface area contributed by atoms with E-state index in [1.165, 1.54) is 19.2 Å². The van der Waals surface area contributed by atoms with Crippen LogP contribution in [0.5, 0.6) is 0 Å². The van der Waals surface area contributed by atoms with Crippen molar-refractivity contribution in [3.63, 3.8) is 0 Å². The molecule has 0 aliphatic heterocycles. The molecule has 3 nitrogen and oxygen atoms in total. The van der Waals surface area contributed by atoms with E-state index in [9.17, 15) is 0 Å². The van der Waals surface area contributed by atoms with Crippen LogP contribution in [0.25, 0.3) is 0 Å². The summed E-state index contributed by atoms with van der Waals surface area (Å²) in [5, 5.41) is 4.01. The van der Waals surface area contributed by atoms with Gasteiger partial charge in [0.15, 0.2) is 0 Å². The summed E-state index contributed by atoms with van der Waals surface area (Å²) >= 11 is 6.10. The molecule has 0 aromatic carbocycles. The zero-order valence-electron chi connectivity index (χ0n) is 11.0. The van der Waals surface area contributed by atoms with Gasteiger partial charge in [-0.25, -0.2) is 9.97 Å². The molecule has 0 amide bonds. The first-order chi connectivity index (χ1) is 8.19. The molecule has 0 saturated heterocycles. The normalized spacial score (nSPS) is 12.5. The Balaban J connectivity index is 2.72. The highest BCUT2D eigenvalue weighted by Gasteiger charge is 2.11. The fourth-order valence-corrected chi connectivity index (χ4v) is 2.03. The van der Waals surface area contributed by atoms with Gasteiger partial charge in [-0.3, -0.25) is 0 Å². The number of hydrogen-bond acceptors (Lipinski definition) is 3. The lowest BCUT2D eigenvalue weighted by Gasteiger charge is -2.17. The molecular weight excluding hydrogens is 234 g/mol. The predicted molar refractivity (Wildman–Crippen MR) is 73.6 cm³/mol. The Morgan fingerprint density at radius 2 is 2.06 bits per heavy atom. The molecule has 0 radical (unpaired) electrons. The molecule has 0 aliphatic carbocycles. The van der Waals surface area contributed by atoms with Gasteiger partial charge in [-0.2, -0.15) is 0 Å². The standard InChI is InChI=1S/C13H22ClN3/c1-4-6-8-10(3)17-13-11(7-5-2)12(14)15-9-16-13/h9-10H,4-8H2,1-3H3,(H,15,16,17). The zero-order chi connectivity index (χ0) is 12.7. The molecule has 0 fully saturated rings. The maximum atomic E-state index is 6.10. The quantitative estimate of drug-likeness (QED) is 0.747. The van der Waals surface area contributed by atoms with E-state index >= 15 is 0 Å². The van der Waals surface area contributed by atoms with Crippen LogP contribution in [0, 0.1) is 0 Å². The van der Waals surface area contributed by atoms with Gasteiger partial charge in [0.05, 0.1) is 0 Å². The Kier molecular flexibility index (Phi) is 6.27. The number of nitrogens with zero attached hydrogens (tertiary/aromatic N) is 2. The van der Waals surface area contributed by atoms with E-state index in [1.807, 2.05) is 0 Å². The van der Waals surface area contributed by atoms with Gasteiger partial charge >= 0.3 is 0 Å². The Morgan fingerprint density at radius 1 is 1.29 bits per heavy atom. The van der Waals surface area contributed by atoms with Crippen LogP contribution < -0.4 is 5.32 Å². The number of aromatic nitrogens is 2. The third-order valence-corrected chi connectivity index (χ3v) is 3.09. The Morgan fingerprint density at radius 3 is 2.71 bits per heavy atom. The van der Waals surface area contributed by atoms with E-state index in [0.29, 0.717) is 11.2 Å². The van der Waals surface area contributed by atoms with Crippen LogP contribution in [-0.2, 0) is 6.42 Å². The second-order valence-corrected chi connectivity index (χ2v) is 4.79. The van der Waals surface area contributed by atoms with Gasteiger partial charge in [-0.15, -0.1) is 0 Å². The molecule has 0 saturated carbocycles. The van der Waals surface area contributed by atoms with E-state index in [0.717, 1.165) is 30.6 Å². The highest BCUT2D eigenvalue weighted by molar-refractivity contribution is 6.30. The minimum Gasteiger partial charge on any atom is -0.367 e. The van der Waals surface area contributed by atoms with Crippen LogP contribution in [0.15, 0.2) is 6.33 Å². The summed E-state index contributed by atoms with van der Waals surface area (Å²) in [7, 11) is 0. The fourth-order valence-electron chi connectivity index (χ4n) is 1.80. The Hall–Kier alpha value is -0.830. The summed E-state index contributed by atoms with van der Waals surface area (Å²) in [4.78, 5) is 8.34. The van der Waals surface area contributed by atoms with Crippen molar-refractivity contribution in [3.05, 3.63) is 17.0 Å². The first-order valence-electron chi connectivity index (χ1n) is 6.44. The fraction of sp³-hybridized carbons (Fsp3) is 0.692. The number of nitrogens with one attached hydrogen (secondary N) is 1. The van der Waals surface area contributed by atoms with E-state index in [1.54, 1.807) is 0 Å². The van der Waals surface area contributed by atoms with Crippen molar-refractivity contribution in [2.75, 3.05) is 5.32 Å². The van der Waals surface area contributed by atoms with Gasteiger partial charge in [-0.05, 0) is 19.8 Å². The van der Waals surface area contributed by atoms with Crippen molar-refractivity contribution < 1.29 is 0 Å². The van der Waals surface area contributed by atoms with Crippen LogP contribution in [0.3, 0.4) is 0 Å². The van der Waals surface area contributed by atoms with Gasteiger partial charge in [0.2, 0.25) is 0 Å². The van der Waals surface area contributed by atoms with Crippen molar-refractivity contribution >= 4 is 17.4 Å². The van der Waals surface area contributed by atoms with Gasteiger partial charge in [-0.1, -0.05) is 44.7 Å². The molecule has 4 heteroatoms. The maximum Gasteiger partial charge on any atom is 0.137 e. The molecule has 0 bridgehead atoms. The SMILES string of the molecule is CCCCC(C)Nc1ncnc(Cl)c1CCC. The van der Waals surface area contributed by atoms with Crippen molar-refractivity contribution in [3.8, 4) is 0 Å². The lowest BCUT2D eigenvalue weighted by Crippen LogP contribution is -2.17. The maximum absolute atomic E-state index is 6.10. The second-order valence-electron chi connectivity index (χ2n) is 4.43. The molecular formula is C13H22ClN3. The van der Waals surface area contributed by atoms with Gasteiger partial charge in [0.1, 0.15) is 17.3 Å². The highest BCUT2D eigenvalue weighted by Crippen LogP contribution is 2.22. The summed E-state index contributed by atoms with van der Waals surface area (Å²) in [5.41, 5.74) is 1.04. The van der Waals surface area contributed by atoms with Gasteiger partial charge < -0.3 is 5.32 Å². The summed E-state index contributed by atoms with van der Waals surface area (Å²) in [6.45, 7) is 6.52. The smallest absolute Gasteiger partial charge is 0.137 e. The zero-order valence-corrected chi connectivity index (χ0v) is 11.7. The van der Waals surface area contributed by atoms with E-state index in [2.05, 4.69) is 36.1 Å². The van der Waals surface area contributed by atoms with Crippen LogP contribution in [0.1, 0.15) is 52.0 Å². The summed E-state index contributed by atoms with van der Waals surface area (Å²) < 4.78 is 0. The lowest BCUT2D eigenvalue weighted by atomic mass is 10.1. The third-order valence-electron chi connectivity index (χ3n) is 2.77. The monoisotopic (exact) mass is 255 g/mol. The van der Waals surface area contributed by atoms with Gasteiger partial charge in [0, 0.05) is 11.6 Å². The van der Waals surface area contributed by atoms with E-state index in [-0.39, 0.29) is 0 Å². The summed E-state index contributed by atoms with van der Waals surface area (Å²) in [5.74, 6) is 0.899. The molecule has 0 aliphatic rings. The number of rotatable bonds is 7. The number of anilines is 1. The van der Waals surface area contributed by atoms with Crippen LogP contribution in [0.4, 0.5) is 5.82 Å². The molecule has 1 N–H and O–H groups in total. The Bertz CT molecular complexity index is 341. The average Bonchev–Trinajstić information content (AvgIpc) is 2.31. The first-order valence-corrected chi connectivity index (χ1v) is 6.82. The van der Waals surface area contributed by atoms with Crippen LogP contribution >= 0.6 is 11.6 Å².